The third kappa shape index (κ3) is 16.4. The molecule has 6 heteroatoms. The van der Waals surface area contributed by atoms with Gasteiger partial charge < -0.3 is 18.8 Å². The van der Waals surface area contributed by atoms with Crippen molar-refractivity contribution in [3.8, 4) is 0 Å². The molecule has 0 aliphatic carbocycles. The number of likely N-dealkylation sites (tertiary alicyclic amines) is 1. The van der Waals surface area contributed by atoms with E-state index in [9.17, 15) is 9.46 Å². The second kappa shape index (κ2) is 17.7. The van der Waals surface area contributed by atoms with Crippen molar-refractivity contribution in [2.45, 2.75) is 110 Å². The average Bonchev–Trinajstić information content (AvgIpc) is 2.70. The summed E-state index contributed by atoms with van der Waals surface area (Å²) < 4.78 is 22.0. The van der Waals surface area contributed by atoms with Crippen LogP contribution in [0.2, 0.25) is 0 Å². The minimum Gasteiger partial charge on any atom is -0.756 e. The lowest BCUT2D eigenvalue weighted by Gasteiger charge is -2.29. The molecule has 1 aliphatic rings. The fourth-order valence-corrected chi connectivity index (χ4v) is 4.86. The maximum atomic E-state index is 11.8. The minimum absolute atomic E-state index is 0.260. The zero-order valence-electron chi connectivity index (χ0n) is 19.3. The Balaban J connectivity index is 1.83. The first-order chi connectivity index (χ1) is 14.0. The van der Waals surface area contributed by atoms with Gasteiger partial charge in [0.2, 0.25) is 0 Å². The molecule has 0 aromatic rings. The SMILES string of the molecule is CCCCCCCCCCCCCCCCOP(=O)([O-])OCC1CC[NH+](C)CC1. The summed E-state index contributed by atoms with van der Waals surface area (Å²) >= 11 is 0. The van der Waals surface area contributed by atoms with Gasteiger partial charge in [-0.2, -0.15) is 0 Å². The molecule has 174 valence electrons. The number of hydrogen-bond donors (Lipinski definition) is 1. The Morgan fingerprint density at radius 2 is 1.24 bits per heavy atom. The van der Waals surface area contributed by atoms with E-state index >= 15 is 0 Å². The molecule has 0 amide bonds. The zero-order valence-corrected chi connectivity index (χ0v) is 20.2. The number of phosphoric acid groups is 1. The molecule has 29 heavy (non-hydrogen) atoms. The van der Waals surface area contributed by atoms with Crippen LogP contribution < -0.4 is 9.79 Å². The van der Waals surface area contributed by atoms with Gasteiger partial charge in [-0.1, -0.05) is 90.4 Å². The van der Waals surface area contributed by atoms with Gasteiger partial charge in [-0.25, -0.2) is 0 Å². The van der Waals surface area contributed by atoms with Crippen molar-refractivity contribution in [3.05, 3.63) is 0 Å². The second-order valence-electron chi connectivity index (χ2n) is 9.07. The van der Waals surface area contributed by atoms with E-state index in [1.54, 1.807) is 0 Å². The molecule has 0 radical (unpaired) electrons. The second-order valence-corrected chi connectivity index (χ2v) is 10.5. The number of quaternary nitrogens is 1. The topological polar surface area (TPSA) is 63.0 Å². The third-order valence-electron chi connectivity index (χ3n) is 6.17. The molecule has 0 spiro atoms. The van der Waals surface area contributed by atoms with Gasteiger partial charge in [0.25, 0.3) is 7.82 Å². The van der Waals surface area contributed by atoms with E-state index in [0.29, 0.717) is 5.92 Å². The molecule has 1 N–H and O–H groups in total. The van der Waals surface area contributed by atoms with Crippen LogP contribution in [0.4, 0.5) is 0 Å². The Bertz CT molecular complexity index is 414. The highest BCUT2D eigenvalue weighted by Gasteiger charge is 2.21. The minimum atomic E-state index is -4.12. The Hall–Kier alpha value is 0.0700. The molecule has 1 unspecified atom stereocenters. The van der Waals surface area contributed by atoms with E-state index in [4.69, 9.17) is 9.05 Å². The Morgan fingerprint density at radius 3 is 1.72 bits per heavy atom. The number of piperidine rings is 1. The number of nitrogens with one attached hydrogen (secondary N) is 1. The van der Waals surface area contributed by atoms with Crippen LogP contribution in [-0.2, 0) is 13.6 Å². The summed E-state index contributed by atoms with van der Waals surface area (Å²) in [7, 11) is -1.94. The maximum absolute atomic E-state index is 11.8. The number of hydrogen-bond acceptors (Lipinski definition) is 4. The molecular formula is C23H48NO4P. The predicted molar refractivity (Wildman–Crippen MR) is 119 cm³/mol. The van der Waals surface area contributed by atoms with Crippen molar-refractivity contribution in [2.75, 3.05) is 33.4 Å². The van der Waals surface area contributed by atoms with E-state index in [1.807, 2.05) is 0 Å². The summed E-state index contributed by atoms with van der Waals surface area (Å²) in [6.07, 6.45) is 20.1. The molecule has 0 bridgehead atoms. The first kappa shape index (κ1) is 27.1. The lowest BCUT2D eigenvalue weighted by Crippen LogP contribution is -3.10. The maximum Gasteiger partial charge on any atom is 0.267 e. The van der Waals surface area contributed by atoms with Gasteiger partial charge >= 0.3 is 0 Å². The molecule has 1 fully saturated rings. The summed E-state index contributed by atoms with van der Waals surface area (Å²) in [5.74, 6) is 0.352. The van der Waals surface area contributed by atoms with Crippen molar-refractivity contribution in [1.82, 2.24) is 0 Å². The largest absolute Gasteiger partial charge is 0.756 e. The molecule has 0 aromatic heterocycles. The fraction of sp³-hybridized carbons (Fsp3) is 1.00. The highest BCUT2D eigenvalue weighted by Crippen LogP contribution is 2.39. The first-order valence-corrected chi connectivity index (χ1v) is 13.9. The fourth-order valence-electron chi connectivity index (χ4n) is 4.04. The van der Waals surface area contributed by atoms with Crippen molar-refractivity contribution in [3.63, 3.8) is 0 Å². The van der Waals surface area contributed by atoms with Crippen molar-refractivity contribution < 1.29 is 23.4 Å². The predicted octanol–water partition coefficient (Wildman–Crippen LogP) is 4.89. The van der Waals surface area contributed by atoms with Crippen LogP contribution in [0.15, 0.2) is 0 Å². The molecule has 5 nitrogen and oxygen atoms in total. The highest BCUT2D eigenvalue weighted by atomic mass is 31.2. The molecule has 0 aromatic carbocycles. The van der Waals surface area contributed by atoms with Gasteiger partial charge in [-0.3, -0.25) is 4.57 Å². The third-order valence-corrected chi connectivity index (χ3v) is 7.14. The summed E-state index contributed by atoms with van der Waals surface area (Å²) in [4.78, 5) is 13.4. The van der Waals surface area contributed by atoms with Gasteiger partial charge in [0.1, 0.15) is 0 Å². The smallest absolute Gasteiger partial charge is 0.267 e. The van der Waals surface area contributed by atoms with Crippen LogP contribution in [0.1, 0.15) is 110 Å². The van der Waals surface area contributed by atoms with E-state index in [-0.39, 0.29) is 13.2 Å². The van der Waals surface area contributed by atoms with Crippen LogP contribution >= 0.6 is 7.82 Å². The lowest BCUT2D eigenvalue weighted by molar-refractivity contribution is -0.886. The van der Waals surface area contributed by atoms with Crippen molar-refractivity contribution in [1.29, 1.82) is 0 Å². The molecule has 1 saturated heterocycles. The first-order valence-electron chi connectivity index (χ1n) is 12.4. The van der Waals surface area contributed by atoms with Crippen LogP contribution in [-0.4, -0.2) is 33.4 Å². The van der Waals surface area contributed by atoms with E-state index in [1.165, 1.54) is 81.9 Å². The molecule has 1 heterocycles. The summed E-state index contributed by atoms with van der Waals surface area (Å²) in [6.45, 7) is 5.00. The molecule has 1 aliphatic heterocycles. The number of rotatable bonds is 19. The molecular weight excluding hydrogens is 385 g/mol. The van der Waals surface area contributed by atoms with Crippen LogP contribution in [0.5, 0.6) is 0 Å². The van der Waals surface area contributed by atoms with Gasteiger partial charge in [0, 0.05) is 12.8 Å². The van der Waals surface area contributed by atoms with Crippen molar-refractivity contribution in [2.24, 2.45) is 5.92 Å². The summed E-state index contributed by atoms with van der Waals surface area (Å²) in [5.41, 5.74) is 0. The number of unbranched alkanes of at least 4 members (excludes halogenated alkanes) is 13. The van der Waals surface area contributed by atoms with Gasteiger partial charge in [0.05, 0.1) is 33.4 Å². The average molecular weight is 434 g/mol. The summed E-state index contributed by atoms with van der Waals surface area (Å²) in [5, 5.41) is 0. The van der Waals surface area contributed by atoms with Gasteiger partial charge in [0.15, 0.2) is 0 Å². The Kier molecular flexibility index (Phi) is 16.6. The monoisotopic (exact) mass is 433 g/mol. The molecule has 0 saturated carbocycles. The van der Waals surface area contributed by atoms with Gasteiger partial charge in [-0.15, -0.1) is 0 Å². The summed E-state index contributed by atoms with van der Waals surface area (Å²) in [6, 6.07) is 0. The quantitative estimate of drug-likeness (QED) is 0.233. The van der Waals surface area contributed by atoms with E-state index < -0.39 is 7.82 Å². The highest BCUT2D eigenvalue weighted by molar-refractivity contribution is 7.45. The van der Waals surface area contributed by atoms with Crippen LogP contribution in [0, 0.1) is 5.92 Å². The Labute approximate surface area is 180 Å². The standard InChI is InChI=1S/C23H48NO4P/c1-3-4-5-6-7-8-9-10-11-12-13-14-15-16-21-27-29(25,26)28-22-23-17-19-24(2)20-18-23/h23H,3-22H2,1-2H3,(H,25,26). The normalized spacial score (nSPS) is 21.9. The molecule has 1 rings (SSSR count). The Morgan fingerprint density at radius 1 is 0.793 bits per heavy atom. The van der Waals surface area contributed by atoms with E-state index in [0.717, 1.165) is 38.8 Å². The van der Waals surface area contributed by atoms with E-state index in [2.05, 4.69) is 14.0 Å². The number of phosphoric ester groups is 1. The van der Waals surface area contributed by atoms with Gasteiger partial charge in [-0.05, 0) is 12.3 Å². The van der Waals surface area contributed by atoms with Crippen LogP contribution in [0.25, 0.3) is 0 Å². The van der Waals surface area contributed by atoms with Crippen molar-refractivity contribution >= 4 is 7.82 Å². The lowest BCUT2D eigenvalue weighted by atomic mass is 9.98. The molecule has 1 atom stereocenters. The zero-order chi connectivity index (χ0) is 21.2. The van der Waals surface area contributed by atoms with Crippen LogP contribution in [0.3, 0.4) is 0 Å².